The summed E-state index contributed by atoms with van der Waals surface area (Å²) in [6.07, 6.45) is 2.04. The van der Waals surface area contributed by atoms with Gasteiger partial charge in [0.15, 0.2) is 5.76 Å². The molecule has 0 bridgehead atoms. The maximum Gasteiger partial charge on any atom is 0.257 e. The van der Waals surface area contributed by atoms with E-state index in [2.05, 4.69) is 15.4 Å². The zero-order chi connectivity index (χ0) is 24.4. The summed E-state index contributed by atoms with van der Waals surface area (Å²) in [4.78, 5) is 31.6. The molecule has 0 saturated carbocycles. The number of furan rings is 2. The molecule has 1 unspecified atom stereocenters. The molecule has 1 aromatic carbocycles. The quantitative estimate of drug-likeness (QED) is 0.437. The largest absolute Gasteiger partial charge is 0.467 e. The van der Waals surface area contributed by atoms with Crippen LogP contribution in [-0.4, -0.2) is 52.6 Å². The number of amides is 2. The molecule has 4 aromatic rings. The molecule has 3 aromatic heterocycles. The molecule has 0 aliphatic carbocycles. The maximum absolute atomic E-state index is 13.3. The van der Waals surface area contributed by atoms with E-state index < -0.39 is 0 Å². The maximum atomic E-state index is 13.3. The first kappa shape index (κ1) is 22.5. The van der Waals surface area contributed by atoms with Crippen molar-refractivity contribution in [3.05, 3.63) is 84.1 Å². The zero-order valence-corrected chi connectivity index (χ0v) is 19.5. The smallest absolute Gasteiger partial charge is 0.257 e. The number of hydrogen-bond donors (Lipinski definition) is 1. The van der Waals surface area contributed by atoms with Gasteiger partial charge in [-0.2, -0.15) is 5.10 Å². The second kappa shape index (κ2) is 9.55. The third kappa shape index (κ3) is 4.99. The van der Waals surface area contributed by atoms with Crippen LogP contribution >= 0.6 is 0 Å². The Hall–Kier alpha value is -4.24. The van der Waals surface area contributed by atoms with Crippen molar-refractivity contribution < 1.29 is 18.4 Å². The van der Waals surface area contributed by atoms with Gasteiger partial charge in [0.1, 0.15) is 28.9 Å². The molecule has 9 heteroatoms. The molecule has 2 amide bonds. The minimum atomic E-state index is -0.389. The van der Waals surface area contributed by atoms with Gasteiger partial charge >= 0.3 is 0 Å². The third-order valence-corrected chi connectivity index (χ3v) is 5.72. The number of aromatic nitrogens is 1. The number of pyridine rings is 1. The van der Waals surface area contributed by atoms with Gasteiger partial charge in [0.2, 0.25) is 5.91 Å². The number of fused-ring (bicyclic) bond motifs is 1. The number of carbonyl (C=O) groups excluding carboxylic acids is 2. The van der Waals surface area contributed by atoms with Crippen molar-refractivity contribution in [2.45, 2.75) is 19.4 Å². The first-order valence-corrected chi connectivity index (χ1v) is 11.3. The van der Waals surface area contributed by atoms with Crippen LogP contribution in [0.15, 0.2) is 80.9 Å². The Bertz CT molecular complexity index is 1360. The van der Waals surface area contributed by atoms with Gasteiger partial charge in [-0.25, -0.2) is 9.99 Å². The second-order valence-electron chi connectivity index (χ2n) is 8.55. The molecule has 0 saturated heterocycles. The molecule has 4 heterocycles. The van der Waals surface area contributed by atoms with Crippen molar-refractivity contribution in [3.63, 3.8) is 0 Å². The first-order valence-electron chi connectivity index (χ1n) is 11.3. The van der Waals surface area contributed by atoms with Crippen molar-refractivity contribution in [1.29, 1.82) is 0 Å². The predicted octanol–water partition coefficient (Wildman–Crippen LogP) is 3.98. The fourth-order valence-electron chi connectivity index (χ4n) is 4.12. The number of likely N-dealkylation sites (N-methyl/N-ethyl adjacent to an activating group) is 1. The Morgan fingerprint density at radius 1 is 1.11 bits per heavy atom. The van der Waals surface area contributed by atoms with Crippen LogP contribution in [0.4, 0.5) is 5.82 Å². The summed E-state index contributed by atoms with van der Waals surface area (Å²) < 4.78 is 11.6. The van der Waals surface area contributed by atoms with Gasteiger partial charge < -0.3 is 14.2 Å². The van der Waals surface area contributed by atoms with Crippen LogP contribution in [0.5, 0.6) is 0 Å². The summed E-state index contributed by atoms with van der Waals surface area (Å²) in [6, 6.07) is 18.3. The highest BCUT2D eigenvalue weighted by Crippen LogP contribution is 2.34. The highest BCUT2D eigenvalue weighted by Gasteiger charge is 2.36. The lowest BCUT2D eigenvalue weighted by Gasteiger charge is -2.23. The lowest BCUT2D eigenvalue weighted by Crippen LogP contribution is -2.39. The van der Waals surface area contributed by atoms with Gasteiger partial charge in [0.05, 0.1) is 19.4 Å². The van der Waals surface area contributed by atoms with Crippen molar-refractivity contribution >= 4 is 34.3 Å². The summed E-state index contributed by atoms with van der Waals surface area (Å²) in [7, 11) is 1.71. The Labute approximate surface area is 202 Å². The third-order valence-electron chi connectivity index (χ3n) is 5.72. The van der Waals surface area contributed by atoms with Gasteiger partial charge in [0, 0.05) is 17.5 Å². The highest BCUT2D eigenvalue weighted by molar-refractivity contribution is 6.03. The van der Waals surface area contributed by atoms with E-state index in [-0.39, 0.29) is 30.9 Å². The van der Waals surface area contributed by atoms with Crippen LogP contribution in [0.2, 0.25) is 0 Å². The van der Waals surface area contributed by atoms with E-state index >= 15 is 0 Å². The summed E-state index contributed by atoms with van der Waals surface area (Å²) in [5.41, 5.74) is 2.24. The van der Waals surface area contributed by atoms with Gasteiger partial charge in [-0.05, 0) is 50.4 Å². The monoisotopic (exact) mass is 471 g/mol. The number of aryl methyl sites for hydroxylation is 1. The number of nitrogens with one attached hydrogen (secondary N) is 1. The number of benzene rings is 1. The molecular formula is C26H25N5O4. The van der Waals surface area contributed by atoms with Gasteiger partial charge in [-0.3, -0.25) is 14.5 Å². The summed E-state index contributed by atoms with van der Waals surface area (Å²) in [5, 5.41) is 9.77. The van der Waals surface area contributed by atoms with E-state index in [1.54, 1.807) is 30.3 Å². The molecule has 178 valence electrons. The molecule has 1 N–H and O–H groups in total. The number of anilines is 1. The molecule has 0 fully saturated rings. The van der Waals surface area contributed by atoms with Crippen molar-refractivity contribution in [3.8, 4) is 0 Å². The number of nitrogens with zero attached hydrogens (tertiary/aromatic N) is 4. The number of hydrazone groups is 1. The van der Waals surface area contributed by atoms with E-state index in [9.17, 15) is 9.59 Å². The molecule has 35 heavy (non-hydrogen) atoms. The summed E-state index contributed by atoms with van der Waals surface area (Å²) in [5.74, 6) is 1.23. The molecule has 0 spiro atoms. The Morgan fingerprint density at radius 3 is 2.74 bits per heavy atom. The number of hydrogen-bond acceptors (Lipinski definition) is 7. The van der Waals surface area contributed by atoms with Crippen LogP contribution in [-0.2, 0) is 9.59 Å². The fourth-order valence-corrected chi connectivity index (χ4v) is 4.12. The molecule has 0 radical (unpaired) electrons. The standard InChI is InChI=1S/C26H25N5O4/c1-17-7-5-11-24(27-17)28-25(32)15-30(2)16-26(33)31-20(22-10-6-12-34-22)14-19(29-31)23-13-18-8-3-4-9-21(18)35-23/h3-13,20H,14-16H2,1-2H3,(H,27,28,32). The summed E-state index contributed by atoms with van der Waals surface area (Å²) >= 11 is 0. The van der Waals surface area contributed by atoms with Crippen LogP contribution in [0.3, 0.4) is 0 Å². The second-order valence-corrected chi connectivity index (χ2v) is 8.55. The molecule has 1 atom stereocenters. The number of para-hydroxylation sites is 1. The van der Waals surface area contributed by atoms with Gasteiger partial charge in [-0.1, -0.05) is 24.3 Å². The fraction of sp³-hybridized carbons (Fsp3) is 0.231. The van der Waals surface area contributed by atoms with Crippen molar-refractivity contribution in [2.24, 2.45) is 5.10 Å². The summed E-state index contributed by atoms with van der Waals surface area (Å²) in [6.45, 7) is 1.88. The Kier molecular flexibility index (Phi) is 6.15. The van der Waals surface area contributed by atoms with E-state index in [4.69, 9.17) is 8.83 Å². The average Bonchev–Trinajstić information content (AvgIpc) is 3.57. The molecule has 5 rings (SSSR count). The zero-order valence-electron chi connectivity index (χ0n) is 19.5. The molecular weight excluding hydrogens is 446 g/mol. The minimum absolute atomic E-state index is 0.00276. The van der Waals surface area contributed by atoms with E-state index in [0.717, 1.165) is 16.7 Å². The lowest BCUT2D eigenvalue weighted by atomic mass is 10.1. The van der Waals surface area contributed by atoms with E-state index in [1.807, 2.05) is 55.5 Å². The molecule has 1 aliphatic heterocycles. The van der Waals surface area contributed by atoms with E-state index in [0.29, 0.717) is 29.5 Å². The van der Waals surface area contributed by atoms with Crippen LogP contribution < -0.4 is 5.32 Å². The van der Waals surface area contributed by atoms with Crippen LogP contribution in [0.25, 0.3) is 11.0 Å². The van der Waals surface area contributed by atoms with E-state index in [1.165, 1.54) is 5.01 Å². The van der Waals surface area contributed by atoms with Crippen molar-refractivity contribution in [1.82, 2.24) is 14.9 Å². The van der Waals surface area contributed by atoms with Crippen LogP contribution in [0.1, 0.15) is 29.7 Å². The van der Waals surface area contributed by atoms with Crippen molar-refractivity contribution in [2.75, 3.05) is 25.5 Å². The molecule has 1 aliphatic rings. The van der Waals surface area contributed by atoms with Gasteiger partial charge in [-0.15, -0.1) is 0 Å². The predicted molar refractivity (Wildman–Crippen MR) is 131 cm³/mol. The number of rotatable bonds is 7. The first-order chi connectivity index (χ1) is 17.0. The SMILES string of the molecule is Cc1cccc(NC(=O)CN(C)CC(=O)N2N=C(c3cc4ccccc4o3)CC2c2ccco2)n1. The van der Waals surface area contributed by atoms with Gasteiger partial charge in [0.25, 0.3) is 5.91 Å². The normalized spacial score (nSPS) is 15.6. The topological polar surface area (TPSA) is 104 Å². The Balaban J connectivity index is 1.29. The molecule has 9 nitrogen and oxygen atoms in total. The lowest BCUT2D eigenvalue weighted by molar-refractivity contribution is -0.134. The average molecular weight is 472 g/mol. The minimum Gasteiger partial charge on any atom is -0.467 e. The highest BCUT2D eigenvalue weighted by atomic mass is 16.3. The Morgan fingerprint density at radius 2 is 1.97 bits per heavy atom. The van der Waals surface area contributed by atoms with Crippen LogP contribution in [0, 0.1) is 6.92 Å². The number of carbonyl (C=O) groups is 2.